The maximum absolute atomic E-state index is 9.49. The van der Waals surface area contributed by atoms with E-state index in [2.05, 4.69) is 17.1 Å². The van der Waals surface area contributed by atoms with Crippen molar-refractivity contribution in [3.63, 3.8) is 0 Å². The summed E-state index contributed by atoms with van der Waals surface area (Å²) in [6.07, 6.45) is 1.79. The predicted molar refractivity (Wildman–Crippen MR) is 73.1 cm³/mol. The van der Waals surface area contributed by atoms with Crippen LogP contribution in [0.5, 0.6) is 0 Å². The van der Waals surface area contributed by atoms with E-state index < -0.39 is 0 Å². The Morgan fingerprint density at radius 1 is 0.889 bits per heavy atom. The minimum Gasteiger partial charge on any atom is -0.392 e. The van der Waals surface area contributed by atoms with Crippen LogP contribution in [0.4, 0.5) is 0 Å². The summed E-state index contributed by atoms with van der Waals surface area (Å²) >= 11 is 0. The first-order valence-electron chi connectivity index (χ1n) is 5.93. The van der Waals surface area contributed by atoms with E-state index in [-0.39, 0.29) is 6.61 Å². The third-order valence-electron chi connectivity index (χ3n) is 3.10. The topological polar surface area (TPSA) is 33.1 Å². The Hall–Kier alpha value is -2.19. The summed E-state index contributed by atoms with van der Waals surface area (Å²) in [6, 6.07) is 18.0. The molecule has 2 aromatic carbocycles. The second kappa shape index (κ2) is 4.59. The van der Waals surface area contributed by atoms with E-state index in [1.165, 1.54) is 0 Å². The van der Waals surface area contributed by atoms with Crippen molar-refractivity contribution in [3.8, 4) is 11.3 Å². The molecule has 0 amide bonds. The van der Waals surface area contributed by atoms with Crippen LogP contribution >= 0.6 is 0 Å². The SMILES string of the molecule is OCc1cccc2cccc(-c3ccccn3)c12. The van der Waals surface area contributed by atoms with Crippen molar-refractivity contribution in [3.05, 3.63) is 66.4 Å². The molecular formula is C16H13NO. The van der Waals surface area contributed by atoms with Crippen LogP contribution in [0, 0.1) is 0 Å². The largest absolute Gasteiger partial charge is 0.392 e. The van der Waals surface area contributed by atoms with Gasteiger partial charge in [0.05, 0.1) is 12.3 Å². The zero-order valence-corrected chi connectivity index (χ0v) is 9.88. The van der Waals surface area contributed by atoms with Crippen LogP contribution < -0.4 is 0 Å². The Balaban J connectivity index is 2.36. The highest BCUT2D eigenvalue weighted by Gasteiger charge is 2.07. The van der Waals surface area contributed by atoms with Gasteiger partial charge < -0.3 is 5.11 Å². The van der Waals surface area contributed by atoms with E-state index in [1.807, 2.05) is 42.5 Å². The van der Waals surface area contributed by atoms with Crippen LogP contribution in [-0.2, 0) is 6.61 Å². The summed E-state index contributed by atoms with van der Waals surface area (Å²) in [5.41, 5.74) is 2.94. The molecule has 0 aliphatic heterocycles. The molecule has 0 saturated carbocycles. The molecular weight excluding hydrogens is 222 g/mol. The van der Waals surface area contributed by atoms with E-state index in [1.54, 1.807) is 6.20 Å². The summed E-state index contributed by atoms with van der Waals surface area (Å²) in [7, 11) is 0. The molecule has 0 aliphatic carbocycles. The summed E-state index contributed by atoms with van der Waals surface area (Å²) in [6.45, 7) is 0.0428. The lowest BCUT2D eigenvalue weighted by Gasteiger charge is -2.09. The molecule has 0 radical (unpaired) electrons. The van der Waals surface area contributed by atoms with Crippen molar-refractivity contribution in [2.75, 3.05) is 0 Å². The number of pyridine rings is 1. The van der Waals surface area contributed by atoms with Gasteiger partial charge in [-0.15, -0.1) is 0 Å². The fourth-order valence-electron chi connectivity index (χ4n) is 2.29. The molecule has 2 heteroatoms. The third-order valence-corrected chi connectivity index (χ3v) is 3.10. The van der Waals surface area contributed by atoms with Crippen LogP contribution in [0.25, 0.3) is 22.0 Å². The van der Waals surface area contributed by atoms with Gasteiger partial charge in [-0.05, 0) is 28.5 Å². The Morgan fingerprint density at radius 2 is 1.72 bits per heavy atom. The third kappa shape index (κ3) is 1.77. The molecule has 0 saturated heterocycles. The molecule has 3 rings (SSSR count). The highest BCUT2D eigenvalue weighted by molar-refractivity contribution is 5.98. The number of rotatable bonds is 2. The second-order valence-electron chi connectivity index (χ2n) is 4.19. The van der Waals surface area contributed by atoms with Crippen LogP contribution in [-0.4, -0.2) is 10.1 Å². The van der Waals surface area contributed by atoms with Gasteiger partial charge in [0.1, 0.15) is 0 Å². The standard InChI is InChI=1S/C16H13NO/c18-11-13-7-3-5-12-6-4-8-14(16(12)13)15-9-1-2-10-17-15/h1-10,18H,11H2. The van der Waals surface area contributed by atoms with Gasteiger partial charge in [-0.1, -0.05) is 42.5 Å². The van der Waals surface area contributed by atoms with Crippen molar-refractivity contribution in [1.82, 2.24) is 4.98 Å². The zero-order valence-electron chi connectivity index (χ0n) is 9.88. The number of benzene rings is 2. The van der Waals surface area contributed by atoms with Crippen molar-refractivity contribution in [1.29, 1.82) is 0 Å². The zero-order chi connectivity index (χ0) is 12.4. The van der Waals surface area contributed by atoms with Crippen molar-refractivity contribution < 1.29 is 5.11 Å². The van der Waals surface area contributed by atoms with Crippen LogP contribution in [0.2, 0.25) is 0 Å². The Kier molecular flexibility index (Phi) is 2.79. The first-order valence-corrected chi connectivity index (χ1v) is 5.93. The summed E-state index contributed by atoms with van der Waals surface area (Å²) in [5, 5.41) is 11.7. The van der Waals surface area contributed by atoms with Gasteiger partial charge in [0, 0.05) is 11.8 Å². The van der Waals surface area contributed by atoms with E-state index >= 15 is 0 Å². The van der Waals surface area contributed by atoms with Gasteiger partial charge >= 0.3 is 0 Å². The van der Waals surface area contributed by atoms with Gasteiger partial charge in [0.2, 0.25) is 0 Å². The molecule has 0 atom stereocenters. The molecule has 0 aliphatic rings. The summed E-state index contributed by atoms with van der Waals surface area (Å²) in [5.74, 6) is 0. The van der Waals surface area contributed by atoms with Crippen molar-refractivity contribution in [2.45, 2.75) is 6.61 Å². The molecule has 0 fully saturated rings. The van der Waals surface area contributed by atoms with Gasteiger partial charge in [0.15, 0.2) is 0 Å². The second-order valence-corrected chi connectivity index (χ2v) is 4.19. The number of nitrogens with zero attached hydrogens (tertiary/aromatic N) is 1. The molecule has 18 heavy (non-hydrogen) atoms. The molecule has 2 nitrogen and oxygen atoms in total. The molecule has 0 bridgehead atoms. The lowest BCUT2D eigenvalue weighted by molar-refractivity contribution is 0.283. The number of aromatic nitrogens is 1. The fraction of sp³-hybridized carbons (Fsp3) is 0.0625. The minimum atomic E-state index is 0.0428. The van der Waals surface area contributed by atoms with E-state index in [4.69, 9.17) is 0 Å². The Morgan fingerprint density at radius 3 is 2.44 bits per heavy atom. The Labute approximate surface area is 106 Å². The lowest BCUT2D eigenvalue weighted by Crippen LogP contribution is -1.90. The van der Waals surface area contributed by atoms with E-state index in [0.29, 0.717) is 0 Å². The summed E-state index contributed by atoms with van der Waals surface area (Å²) in [4.78, 5) is 4.39. The molecule has 88 valence electrons. The molecule has 1 N–H and O–H groups in total. The quantitative estimate of drug-likeness (QED) is 0.738. The number of hydrogen-bond donors (Lipinski definition) is 1. The molecule has 1 heterocycles. The molecule has 3 aromatic rings. The molecule has 0 unspecified atom stereocenters. The lowest BCUT2D eigenvalue weighted by atomic mass is 9.97. The van der Waals surface area contributed by atoms with Gasteiger partial charge in [0.25, 0.3) is 0 Å². The van der Waals surface area contributed by atoms with Crippen LogP contribution in [0.1, 0.15) is 5.56 Å². The van der Waals surface area contributed by atoms with Crippen LogP contribution in [0.15, 0.2) is 60.8 Å². The minimum absolute atomic E-state index is 0.0428. The maximum atomic E-state index is 9.49. The predicted octanol–water partition coefficient (Wildman–Crippen LogP) is 3.39. The molecule has 0 spiro atoms. The van der Waals surface area contributed by atoms with Gasteiger partial charge in [-0.3, -0.25) is 4.98 Å². The number of fused-ring (bicyclic) bond motifs is 1. The van der Waals surface area contributed by atoms with Crippen molar-refractivity contribution >= 4 is 10.8 Å². The average Bonchev–Trinajstić information content (AvgIpc) is 2.47. The highest BCUT2D eigenvalue weighted by atomic mass is 16.3. The van der Waals surface area contributed by atoms with E-state index in [0.717, 1.165) is 27.6 Å². The monoisotopic (exact) mass is 235 g/mol. The van der Waals surface area contributed by atoms with Gasteiger partial charge in [-0.2, -0.15) is 0 Å². The van der Waals surface area contributed by atoms with Crippen LogP contribution in [0.3, 0.4) is 0 Å². The maximum Gasteiger partial charge on any atom is 0.0708 e. The van der Waals surface area contributed by atoms with E-state index in [9.17, 15) is 5.11 Å². The van der Waals surface area contributed by atoms with Crippen molar-refractivity contribution in [2.24, 2.45) is 0 Å². The number of aliphatic hydroxyl groups is 1. The highest BCUT2D eigenvalue weighted by Crippen LogP contribution is 2.29. The first-order chi connectivity index (χ1) is 8.90. The number of hydrogen-bond acceptors (Lipinski definition) is 2. The normalized spacial score (nSPS) is 10.7. The Bertz CT molecular complexity index is 672. The first kappa shape index (κ1) is 10.9. The van der Waals surface area contributed by atoms with Gasteiger partial charge in [-0.25, -0.2) is 0 Å². The summed E-state index contributed by atoms with van der Waals surface area (Å²) < 4.78 is 0. The molecule has 1 aromatic heterocycles. The number of aliphatic hydroxyl groups excluding tert-OH is 1. The smallest absolute Gasteiger partial charge is 0.0708 e. The fourth-order valence-corrected chi connectivity index (χ4v) is 2.29. The average molecular weight is 235 g/mol.